The summed E-state index contributed by atoms with van der Waals surface area (Å²) in [6.07, 6.45) is 1.09. The fourth-order valence-corrected chi connectivity index (χ4v) is 4.67. The molecule has 0 fully saturated rings. The molecule has 1 atom stereocenters. The van der Waals surface area contributed by atoms with Gasteiger partial charge in [-0.25, -0.2) is 14.4 Å². The Morgan fingerprint density at radius 2 is 1.91 bits per heavy atom. The maximum atomic E-state index is 13.5. The highest BCUT2D eigenvalue weighted by Gasteiger charge is 2.33. The van der Waals surface area contributed by atoms with Gasteiger partial charge in [-0.05, 0) is 60.9 Å². The molecule has 0 bridgehead atoms. The number of hydrazone groups is 1. The zero-order valence-corrected chi connectivity index (χ0v) is 20.0. The van der Waals surface area contributed by atoms with Crippen molar-refractivity contribution in [1.82, 2.24) is 15.0 Å². The highest BCUT2D eigenvalue weighted by molar-refractivity contribution is 7.99. The van der Waals surface area contributed by atoms with Crippen LogP contribution in [0.2, 0.25) is 0 Å². The SMILES string of the molecule is CCc1c(C)nc(SCC(=O)N2N=C(c3ccc(OC)cc3)CC2c2ccc(F)cc2)[nH]c1=O. The van der Waals surface area contributed by atoms with Crippen LogP contribution in [0.25, 0.3) is 0 Å². The van der Waals surface area contributed by atoms with Crippen LogP contribution in [-0.4, -0.2) is 39.5 Å². The number of benzene rings is 2. The lowest BCUT2D eigenvalue weighted by Crippen LogP contribution is -2.29. The third-order valence-corrected chi connectivity index (χ3v) is 6.59. The second-order valence-electron chi connectivity index (χ2n) is 7.86. The number of aryl methyl sites for hydroxylation is 1. The first-order valence-electron chi connectivity index (χ1n) is 10.9. The average Bonchev–Trinajstić information content (AvgIpc) is 3.28. The largest absolute Gasteiger partial charge is 0.497 e. The van der Waals surface area contributed by atoms with Crippen LogP contribution < -0.4 is 10.3 Å². The van der Waals surface area contributed by atoms with Crippen molar-refractivity contribution >= 4 is 23.4 Å². The van der Waals surface area contributed by atoms with E-state index in [-0.39, 0.29) is 29.1 Å². The minimum atomic E-state index is -0.359. The Balaban J connectivity index is 1.58. The lowest BCUT2D eigenvalue weighted by molar-refractivity contribution is -0.130. The van der Waals surface area contributed by atoms with Crippen LogP contribution >= 0.6 is 11.8 Å². The number of ether oxygens (including phenoxy) is 1. The van der Waals surface area contributed by atoms with Gasteiger partial charge in [0.1, 0.15) is 11.6 Å². The summed E-state index contributed by atoms with van der Waals surface area (Å²) in [5, 5.41) is 6.47. The molecule has 0 saturated carbocycles. The van der Waals surface area contributed by atoms with Crippen LogP contribution in [0, 0.1) is 12.7 Å². The number of rotatable bonds is 7. The molecular weight excluding hydrogens is 455 g/mol. The number of halogens is 1. The number of aromatic nitrogens is 2. The minimum absolute atomic E-state index is 0.0466. The number of nitrogens with one attached hydrogen (secondary N) is 1. The van der Waals surface area contributed by atoms with Gasteiger partial charge in [0.2, 0.25) is 0 Å². The zero-order valence-electron chi connectivity index (χ0n) is 19.2. The fourth-order valence-electron chi connectivity index (χ4n) is 3.91. The molecule has 1 amide bonds. The van der Waals surface area contributed by atoms with Crippen molar-refractivity contribution in [1.29, 1.82) is 0 Å². The number of nitrogens with zero attached hydrogens (tertiary/aromatic N) is 3. The summed E-state index contributed by atoms with van der Waals surface area (Å²) in [5.74, 6) is 0.202. The van der Waals surface area contributed by atoms with Crippen LogP contribution in [0.5, 0.6) is 5.75 Å². The van der Waals surface area contributed by atoms with Gasteiger partial charge in [-0.3, -0.25) is 9.59 Å². The third kappa shape index (κ3) is 5.04. The van der Waals surface area contributed by atoms with Crippen LogP contribution in [0.4, 0.5) is 4.39 Å². The quantitative estimate of drug-likeness (QED) is 0.403. The smallest absolute Gasteiger partial charge is 0.254 e. The summed E-state index contributed by atoms with van der Waals surface area (Å²) in [7, 11) is 1.60. The molecule has 1 N–H and O–H groups in total. The second-order valence-corrected chi connectivity index (χ2v) is 8.83. The van der Waals surface area contributed by atoms with Gasteiger partial charge in [0.05, 0.1) is 24.6 Å². The van der Waals surface area contributed by atoms with Gasteiger partial charge in [0.15, 0.2) is 5.16 Å². The minimum Gasteiger partial charge on any atom is -0.497 e. The van der Waals surface area contributed by atoms with Gasteiger partial charge in [-0.15, -0.1) is 0 Å². The van der Waals surface area contributed by atoms with Crippen LogP contribution in [0.1, 0.15) is 41.8 Å². The molecule has 2 aromatic carbocycles. The van der Waals surface area contributed by atoms with E-state index in [0.717, 1.165) is 34.3 Å². The summed E-state index contributed by atoms with van der Waals surface area (Å²) in [4.78, 5) is 32.6. The number of thioether (sulfide) groups is 1. The number of H-pyrrole nitrogens is 1. The molecule has 176 valence electrons. The molecule has 1 aliphatic rings. The lowest BCUT2D eigenvalue weighted by atomic mass is 9.98. The first kappa shape index (κ1) is 23.7. The Labute approximate surface area is 201 Å². The van der Waals surface area contributed by atoms with Crippen LogP contribution in [-0.2, 0) is 11.2 Å². The first-order chi connectivity index (χ1) is 16.4. The molecule has 34 heavy (non-hydrogen) atoms. The topological polar surface area (TPSA) is 87.7 Å². The molecule has 1 aliphatic heterocycles. The Kier molecular flexibility index (Phi) is 7.12. The van der Waals surface area contributed by atoms with E-state index in [2.05, 4.69) is 15.1 Å². The molecule has 0 spiro atoms. The van der Waals surface area contributed by atoms with Gasteiger partial charge in [-0.1, -0.05) is 30.8 Å². The van der Waals surface area contributed by atoms with Crippen LogP contribution in [0.15, 0.2) is 63.6 Å². The zero-order chi connectivity index (χ0) is 24.2. The van der Waals surface area contributed by atoms with E-state index in [0.29, 0.717) is 29.3 Å². The first-order valence-corrected chi connectivity index (χ1v) is 11.9. The van der Waals surface area contributed by atoms with Crippen molar-refractivity contribution in [3.05, 3.63) is 87.1 Å². The summed E-state index contributed by atoms with van der Waals surface area (Å²) >= 11 is 1.16. The summed E-state index contributed by atoms with van der Waals surface area (Å²) < 4.78 is 18.7. The van der Waals surface area contributed by atoms with E-state index < -0.39 is 0 Å². The van der Waals surface area contributed by atoms with E-state index in [1.165, 1.54) is 17.1 Å². The molecule has 0 aliphatic carbocycles. The maximum Gasteiger partial charge on any atom is 0.254 e. The van der Waals surface area contributed by atoms with Crippen molar-refractivity contribution in [2.45, 2.75) is 37.9 Å². The van der Waals surface area contributed by atoms with Gasteiger partial charge >= 0.3 is 0 Å². The maximum absolute atomic E-state index is 13.5. The molecule has 9 heteroatoms. The molecule has 2 heterocycles. The molecule has 4 rings (SSSR count). The van der Waals surface area contributed by atoms with Gasteiger partial charge in [0.25, 0.3) is 11.5 Å². The molecule has 0 radical (unpaired) electrons. The van der Waals surface area contributed by atoms with Crippen molar-refractivity contribution in [3.8, 4) is 5.75 Å². The predicted octanol–water partition coefficient (Wildman–Crippen LogP) is 4.26. The number of hydrogen-bond acceptors (Lipinski definition) is 6. The Morgan fingerprint density at radius 1 is 1.21 bits per heavy atom. The standard InChI is InChI=1S/C25H25FN4O3S/c1-4-20-15(2)27-25(28-24(20)32)34-14-23(31)30-22(17-5-9-18(26)10-6-17)13-21(29-30)16-7-11-19(33-3)12-8-16/h5-12,22H,4,13-14H2,1-3H3,(H,27,28,32). The number of amides is 1. The molecule has 1 unspecified atom stereocenters. The van der Waals surface area contributed by atoms with E-state index >= 15 is 0 Å². The summed E-state index contributed by atoms with van der Waals surface area (Å²) in [6, 6.07) is 13.2. The van der Waals surface area contributed by atoms with Crippen molar-refractivity contribution < 1.29 is 13.9 Å². The molecule has 7 nitrogen and oxygen atoms in total. The number of aromatic amines is 1. The van der Waals surface area contributed by atoms with Crippen LogP contribution in [0.3, 0.4) is 0 Å². The van der Waals surface area contributed by atoms with Gasteiger partial charge in [-0.2, -0.15) is 5.10 Å². The lowest BCUT2D eigenvalue weighted by Gasteiger charge is -2.22. The van der Waals surface area contributed by atoms with Crippen molar-refractivity contribution in [2.75, 3.05) is 12.9 Å². The van der Waals surface area contributed by atoms with Crippen molar-refractivity contribution in [3.63, 3.8) is 0 Å². The highest BCUT2D eigenvalue weighted by atomic mass is 32.2. The molecule has 0 saturated heterocycles. The predicted molar refractivity (Wildman–Crippen MR) is 130 cm³/mol. The molecular formula is C25H25FN4O3S. The summed E-state index contributed by atoms with van der Waals surface area (Å²) in [5.41, 5.74) is 3.54. The van der Waals surface area contributed by atoms with E-state index in [9.17, 15) is 14.0 Å². The number of hydrogen-bond donors (Lipinski definition) is 1. The van der Waals surface area contributed by atoms with E-state index in [4.69, 9.17) is 4.74 Å². The fraction of sp³-hybridized carbons (Fsp3) is 0.280. The Hall–Kier alpha value is -3.46. The Bertz CT molecular complexity index is 1270. The monoisotopic (exact) mass is 480 g/mol. The van der Waals surface area contributed by atoms with Gasteiger partial charge in [0, 0.05) is 17.7 Å². The number of methoxy groups -OCH3 is 1. The number of carbonyl (C=O) groups is 1. The van der Waals surface area contributed by atoms with Gasteiger partial charge < -0.3 is 9.72 Å². The second kappa shape index (κ2) is 10.2. The molecule has 1 aromatic heterocycles. The third-order valence-electron chi connectivity index (χ3n) is 5.73. The van der Waals surface area contributed by atoms with E-state index in [1.807, 2.05) is 31.2 Å². The van der Waals surface area contributed by atoms with E-state index in [1.54, 1.807) is 26.2 Å². The highest BCUT2D eigenvalue weighted by Crippen LogP contribution is 2.34. The normalized spacial score (nSPS) is 15.4. The number of carbonyl (C=O) groups excluding carboxylic acids is 1. The van der Waals surface area contributed by atoms with Crippen molar-refractivity contribution in [2.24, 2.45) is 5.10 Å². The average molecular weight is 481 g/mol. The summed E-state index contributed by atoms with van der Waals surface area (Å²) in [6.45, 7) is 3.69. The molecule has 3 aromatic rings. The Morgan fingerprint density at radius 3 is 2.53 bits per heavy atom.